The van der Waals surface area contributed by atoms with Gasteiger partial charge in [0.15, 0.2) is 0 Å². The van der Waals surface area contributed by atoms with Crippen molar-refractivity contribution < 1.29 is 22.8 Å². The second-order valence-electron chi connectivity index (χ2n) is 6.96. The van der Waals surface area contributed by atoms with Crippen molar-refractivity contribution in [1.29, 1.82) is 0 Å². The number of primary amides is 1. The van der Waals surface area contributed by atoms with Crippen LogP contribution in [0.5, 0.6) is 0 Å². The molecule has 0 atom stereocenters. The minimum absolute atomic E-state index is 0.0987. The highest BCUT2D eigenvalue weighted by atomic mass is 19.4. The molecule has 3 N–H and O–H groups in total. The second kappa shape index (κ2) is 10.3. The quantitative estimate of drug-likeness (QED) is 0.659. The van der Waals surface area contributed by atoms with Gasteiger partial charge >= 0.3 is 12.2 Å². The van der Waals surface area contributed by atoms with Crippen LogP contribution in [0.1, 0.15) is 36.8 Å². The fourth-order valence-electron chi connectivity index (χ4n) is 3.21. The van der Waals surface area contributed by atoms with Crippen molar-refractivity contribution in [3.8, 4) is 0 Å². The highest BCUT2D eigenvalue weighted by Gasteiger charge is 2.30. The lowest BCUT2D eigenvalue weighted by atomic mass is 10.1. The molecule has 1 aromatic rings. The average Bonchev–Trinajstić information content (AvgIpc) is 2.64. The van der Waals surface area contributed by atoms with Gasteiger partial charge in [-0.05, 0) is 24.5 Å². The molecule has 0 spiro atoms. The molecule has 0 radical (unpaired) electrons. The number of urea groups is 1. The van der Waals surface area contributed by atoms with E-state index in [1.54, 1.807) is 6.07 Å². The number of hydrogen-bond donors (Lipinski definition) is 2. The number of benzene rings is 1. The number of nitrogens with zero attached hydrogens (tertiary/aromatic N) is 2. The molecule has 9 heteroatoms. The summed E-state index contributed by atoms with van der Waals surface area (Å²) >= 11 is 0. The molecule has 1 aliphatic rings. The van der Waals surface area contributed by atoms with E-state index < -0.39 is 17.8 Å². The first-order chi connectivity index (χ1) is 13.3. The molecular formula is C19H27F3N4O2. The van der Waals surface area contributed by atoms with E-state index in [0.717, 1.165) is 25.3 Å². The minimum atomic E-state index is -4.34. The summed E-state index contributed by atoms with van der Waals surface area (Å²) in [5.74, 6) is 0.0987. The molecule has 1 aromatic carbocycles. The number of alkyl halides is 3. The van der Waals surface area contributed by atoms with Gasteiger partial charge in [-0.25, -0.2) is 4.79 Å². The van der Waals surface area contributed by atoms with Crippen molar-refractivity contribution in [1.82, 2.24) is 15.1 Å². The summed E-state index contributed by atoms with van der Waals surface area (Å²) in [6.07, 6.45) is -1.51. The molecule has 3 amide bonds. The van der Waals surface area contributed by atoms with Gasteiger partial charge < -0.3 is 16.0 Å². The van der Waals surface area contributed by atoms with E-state index in [9.17, 15) is 22.8 Å². The van der Waals surface area contributed by atoms with Gasteiger partial charge in [0.1, 0.15) is 0 Å². The zero-order chi connectivity index (χ0) is 20.6. The molecule has 2 rings (SSSR count). The fraction of sp³-hybridized carbons (Fsp3) is 0.579. The Bertz CT molecular complexity index is 659. The maximum absolute atomic E-state index is 12.8. The van der Waals surface area contributed by atoms with E-state index in [1.165, 1.54) is 12.1 Å². The zero-order valence-corrected chi connectivity index (χ0v) is 15.8. The smallest absolute Gasteiger partial charge is 0.352 e. The summed E-state index contributed by atoms with van der Waals surface area (Å²) in [5.41, 5.74) is 4.96. The third-order valence-corrected chi connectivity index (χ3v) is 4.75. The first-order valence-corrected chi connectivity index (χ1v) is 9.45. The Balaban J connectivity index is 1.68. The van der Waals surface area contributed by atoms with Crippen LogP contribution in [0.15, 0.2) is 24.3 Å². The molecule has 0 bridgehead atoms. The molecule has 6 nitrogen and oxygen atoms in total. The largest absolute Gasteiger partial charge is 0.416 e. The molecule has 1 saturated heterocycles. The molecular weight excluding hydrogens is 373 g/mol. The predicted octanol–water partition coefficient (Wildman–Crippen LogP) is 2.58. The lowest BCUT2D eigenvalue weighted by Crippen LogP contribution is -2.48. The van der Waals surface area contributed by atoms with Crippen molar-refractivity contribution in [2.75, 3.05) is 32.7 Å². The normalized spacial score (nSPS) is 15.5. The summed E-state index contributed by atoms with van der Waals surface area (Å²) in [7, 11) is 0. The highest BCUT2D eigenvalue weighted by Crippen LogP contribution is 2.29. The number of piperazine rings is 1. The van der Waals surface area contributed by atoms with Crippen LogP contribution >= 0.6 is 0 Å². The Morgan fingerprint density at radius 1 is 1.07 bits per heavy atom. The Hall–Kier alpha value is -2.29. The number of hydrogen-bond acceptors (Lipinski definition) is 3. The highest BCUT2D eigenvalue weighted by molar-refractivity contribution is 5.76. The Morgan fingerprint density at radius 2 is 1.79 bits per heavy atom. The Labute approximate surface area is 162 Å². The van der Waals surface area contributed by atoms with E-state index in [4.69, 9.17) is 5.73 Å². The molecule has 0 aromatic heterocycles. The average molecular weight is 400 g/mol. The van der Waals surface area contributed by atoms with Gasteiger partial charge in [0.25, 0.3) is 0 Å². The number of carbonyl (C=O) groups is 2. The van der Waals surface area contributed by atoms with Crippen LogP contribution in [0, 0.1) is 0 Å². The van der Waals surface area contributed by atoms with Crippen LogP contribution in [-0.4, -0.2) is 54.5 Å². The van der Waals surface area contributed by atoms with Crippen LogP contribution < -0.4 is 11.1 Å². The maximum atomic E-state index is 12.8. The van der Waals surface area contributed by atoms with Crippen LogP contribution in [0.25, 0.3) is 0 Å². The number of carbonyl (C=O) groups excluding carboxylic acids is 2. The van der Waals surface area contributed by atoms with Crippen molar-refractivity contribution >= 4 is 11.9 Å². The van der Waals surface area contributed by atoms with Gasteiger partial charge in [-0.2, -0.15) is 13.2 Å². The molecule has 1 aliphatic heterocycles. The van der Waals surface area contributed by atoms with Crippen molar-refractivity contribution in [3.63, 3.8) is 0 Å². The Kier molecular flexibility index (Phi) is 8.10. The lowest BCUT2D eigenvalue weighted by molar-refractivity contribution is -0.137. The second-order valence-corrected chi connectivity index (χ2v) is 6.96. The fourth-order valence-corrected chi connectivity index (χ4v) is 3.21. The van der Waals surface area contributed by atoms with Crippen LogP contribution in [0.2, 0.25) is 0 Å². The zero-order valence-electron chi connectivity index (χ0n) is 15.8. The molecule has 1 fully saturated rings. The first kappa shape index (κ1) is 22.0. The van der Waals surface area contributed by atoms with Gasteiger partial charge in [-0.15, -0.1) is 0 Å². The van der Waals surface area contributed by atoms with Crippen LogP contribution in [0.3, 0.4) is 0 Å². The van der Waals surface area contributed by atoms with Crippen LogP contribution in [0.4, 0.5) is 18.0 Å². The predicted molar refractivity (Wildman–Crippen MR) is 99.4 cm³/mol. The van der Waals surface area contributed by atoms with Gasteiger partial charge in [-0.1, -0.05) is 24.6 Å². The van der Waals surface area contributed by atoms with E-state index in [0.29, 0.717) is 51.3 Å². The summed E-state index contributed by atoms with van der Waals surface area (Å²) in [5, 5.41) is 2.51. The number of nitrogens with one attached hydrogen (secondary N) is 1. The molecule has 156 valence electrons. The van der Waals surface area contributed by atoms with Crippen molar-refractivity contribution in [3.05, 3.63) is 35.4 Å². The number of nitrogens with two attached hydrogens (primary N) is 1. The third kappa shape index (κ3) is 7.38. The van der Waals surface area contributed by atoms with Gasteiger partial charge in [0.05, 0.1) is 5.56 Å². The molecule has 1 heterocycles. The first-order valence-electron chi connectivity index (χ1n) is 9.45. The lowest BCUT2D eigenvalue weighted by Gasteiger charge is -2.35. The minimum Gasteiger partial charge on any atom is -0.352 e. The number of amides is 3. The SMILES string of the molecule is NC(=O)NCCCCCC(=O)N1CCN(Cc2cccc(C(F)(F)F)c2)CC1. The van der Waals surface area contributed by atoms with Gasteiger partial charge in [0, 0.05) is 45.7 Å². The number of rotatable bonds is 8. The van der Waals surface area contributed by atoms with Crippen molar-refractivity contribution in [2.24, 2.45) is 5.73 Å². The van der Waals surface area contributed by atoms with E-state index in [2.05, 4.69) is 10.2 Å². The van der Waals surface area contributed by atoms with Gasteiger partial charge in [0.2, 0.25) is 5.91 Å². The molecule has 0 unspecified atom stereocenters. The summed E-state index contributed by atoms with van der Waals surface area (Å²) < 4.78 is 38.4. The molecule has 0 aliphatic carbocycles. The summed E-state index contributed by atoms with van der Waals surface area (Å²) in [6, 6.07) is 4.84. The molecule has 28 heavy (non-hydrogen) atoms. The third-order valence-electron chi connectivity index (χ3n) is 4.75. The summed E-state index contributed by atoms with van der Waals surface area (Å²) in [6.45, 7) is 3.41. The standard InChI is InChI=1S/C19H27F3N4O2/c20-19(21,22)16-6-4-5-15(13-16)14-25-9-11-26(12-10-25)17(27)7-2-1-3-8-24-18(23)28/h4-6,13H,1-3,7-12,14H2,(H3,23,24,28). The maximum Gasteiger partial charge on any atom is 0.416 e. The van der Waals surface area contributed by atoms with Crippen LogP contribution in [-0.2, 0) is 17.5 Å². The molecule has 0 saturated carbocycles. The van der Waals surface area contributed by atoms with E-state index in [-0.39, 0.29) is 5.91 Å². The number of halogens is 3. The Morgan fingerprint density at radius 3 is 2.43 bits per heavy atom. The van der Waals surface area contributed by atoms with E-state index in [1.807, 2.05) is 4.90 Å². The van der Waals surface area contributed by atoms with E-state index >= 15 is 0 Å². The monoisotopic (exact) mass is 400 g/mol. The van der Waals surface area contributed by atoms with Gasteiger partial charge in [-0.3, -0.25) is 9.69 Å². The number of unbranched alkanes of at least 4 members (excludes halogenated alkanes) is 2. The topological polar surface area (TPSA) is 78.7 Å². The summed E-state index contributed by atoms with van der Waals surface area (Å²) in [4.78, 5) is 26.7. The van der Waals surface area contributed by atoms with Crippen molar-refractivity contribution in [2.45, 2.75) is 38.4 Å².